The lowest BCUT2D eigenvalue weighted by molar-refractivity contribution is -0.130. The number of para-hydroxylation sites is 2. The van der Waals surface area contributed by atoms with Gasteiger partial charge in [0.2, 0.25) is 11.6 Å². The van der Waals surface area contributed by atoms with Crippen molar-refractivity contribution in [3.63, 3.8) is 0 Å². The van der Waals surface area contributed by atoms with Gasteiger partial charge in [-0.05, 0) is 61.1 Å². The first-order valence-corrected chi connectivity index (χ1v) is 16.8. The molecule has 0 bridgehead atoms. The molecule has 0 amide bonds. The van der Waals surface area contributed by atoms with Gasteiger partial charge in [0.15, 0.2) is 5.78 Å². The molecule has 0 aromatic heterocycles. The number of thioether (sulfide) groups is 2. The van der Waals surface area contributed by atoms with E-state index in [4.69, 9.17) is 0 Å². The molecule has 7 nitrogen and oxygen atoms in total. The van der Waals surface area contributed by atoms with E-state index in [9.17, 15) is 24.6 Å². The SMILES string of the molecule is CSCCN(C1=CC(=O)/C(=C2\C(=O)C(=O)C(c3ccc(N(CCSC)c4ccccc4)cc3O)=C2O)C=C1)c1ccccc1. The maximum Gasteiger partial charge on any atom is 0.238 e. The average Bonchev–Trinajstić information content (AvgIpc) is 3.25. The van der Waals surface area contributed by atoms with E-state index in [-0.39, 0.29) is 28.0 Å². The maximum absolute atomic E-state index is 13.4. The number of hydrogen-bond acceptors (Lipinski definition) is 9. The van der Waals surface area contributed by atoms with E-state index in [1.165, 1.54) is 24.3 Å². The lowest BCUT2D eigenvalue weighted by Crippen LogP contribution is -2.26. The Morgan fingerprint density at radius 2 is 1.23 bits per heavy atom. The number of phenols is 1. The zero-order valence-corrected chi connectivity index (χ0v) is 26.0. The first kappa shape index (κ1) is 31.0. The summed E-state index contributed by atoms with van der Waals surface area (Å²) >= 11 is 3.38. The van der Waals surface area contributed by atoms with Crippen molar-refractivity contribution in [1.82, 2.24) is 0 Å². The molecule has 0 saturated heterocycles. The smallest absolute Gasteiger partial charge is 0.238 e. The molecule has 0 fully saturated rings. The summed E-state index contributed by atoms with van der Waals surface area (Å²) in [6, 6.07) is 24.1. The van der Waals surface area contributed by atoms with Gasteiger partial charge in [0, 0.05) is 70.6 Å². The third-order valence-corrected chi connectivity index (χ3v) is 8.60. The number of allylic oxidation sites excluding steroid dienone is 6. The average molecular weight is 625 g/mol. The third-order valence-electron chi connectivity index (χ3n) is 7.42. The largest absolute Gasteiger partial charge is 0.507 e. The summed E-state index contributed by atoms with van der Waals surface area (Å²) < 4.78 is 0. The Morgan fingerprint density at radius 3 is 1.80 bits per heavy atom. The summed E-state index contributed by atoms with van der Waals surface area (Å²) in [5, 5.41) is 22.3. The Kier molecular flexibility index (Phi) is 9.77. The maximum atomic E-state index is 13.4. The molecule has 0 unspecified atom stereocenters. The topological polar surface area (TPSA) is 98.2 Å². The second kappa shape index (κ2) is 13.9. The van der Waals surface area contributed by atoms with Gasteiger partial charge in [-0.25, -0.2) is 0 Å². The molecule has 0 atom stereocenters. The molecule has 9 heteroatoms. The van der Waals surface area contributed by atoms with Crippen LogP contribution in [0.2, 0.25) is 0 Å². The second-order valence-electron chi connectivity index (χ2n) is 10.1. The van der Waals surface area contributed by atoms with Gasteiger partial charge in [0.1, 0.15) is 11.5 Å². The van der Waals surface area contributed by atoms with Gasteiger partial charge in [-0.1, -0.05) is 36.4 Å². The molecule has 0 heterocycles. The van der Waals surface area contributed by atoms with Crippen LogP contribution in [0.5, 0.6) is 5.75 Å². The number of aromatic hydroxyl groups is 1. The number of anilines is 3. The van der Waals surface area contributed by atoms with Crippen molar-refractivity contribution < 1.29 is 24.6 Å². The Labute approximate surface area is 265 Å². The highest BCUT2D eigenvalue weighted by molar-refractivity contribution is 7.98. The van der Waals surface area contributed by atoms with Crippen LogP contribution in [0.1, 0.15) is 5.56 Å². The van der Waals surface area contributed by atoms with Crippen LogP contribution in [0.25, 0.3) is 5.57 Å². The number of aliphatic hydroxyl groups is 1. The minimum absolute atomic E-state index is 0.0221. The van der Waals surface area contributed by atoms with E-state index in [0.717, 1.165) is 22.9 Å². The number of Topliss-reactive ketones (excluding diaryl/α,β-unsaturated/α-hetero) is 2. The van der Waals surface area contributed by atoms with Crippen LogP contribution in [0.15, 0.2) is 120 Å². The number of benzene rings is 3. The fourth-order valence-electron chi connectivity index (χ4n) is 5.25. The van der Waals surface area contributed by atoms with Crippen LogP contribution in [-0.2, 0) is 14.4 Å². The Balaban J connectivity index is 1.49. The van der Waals surface area contributed by atoms with Gasteiger partial charge in [-0.15, -0.1) is 0 Å². The molecule has 2 aliphatic rings. The van der Waals surface area contributed by atoms with Gasteiger partial charge >= 0.3 is 0 Å². The van der Waals surface area contributed by atoms with E-state index >= 15 is 0 Å². The number of nitrogens with zero attached hydrogens (tertiary/aromatic N) is 2. The summed E-state index contributed by atoms with van der Waals surface area (Å²) in [7, 11) is 0. The summed E-state index contributed by atoms with van der Waals surface area (Å²) in [5.74, 6) is -1.67. The number of carbonyl (C=O) groups is 3. The van der Waals surface area contributed by atoms with Crippen LogP contribution in [0.4, 0.5) is 17.1 Å². The van der Waals surface area contributed by atoms with Crippen molar-refractivity contribution in [3.05, 3.63) is 125 Å². The predicted molar refractivity (Wildman–Crippen MR) is 181 cm³/mol. The van der Waals surface area contributed by atoms with E-state index in [2.05, 4.69) is 0 Å². The lowest BCUT2D eigenvalue weighted by Gasteiger charge is -2.27. The van der Waals surface area contributed by atoms with Gasteiger partial charge in [0.25, 0.3) is 0 Å². The third kappa shape index (κ3) is 6.25. The van der Waals surface area contributed by atoms with E-state index in [1.807, 2.05) is 83.0 Å². The molecule has 2 N–H and O–H groups in total. The summed E-state index contributed by atoms with van der Waals surface area (Å²) in [4.78, 5) is 43.8. The molecule has 0 saturated carbocycles. The number of carbonyl (C=O) groups excluding carboxylic acids is 3. The van der Waals surface area contributed by atoms with Crippen molar-refractivity contribution >= 4 is 63.5 Å². The monoisotopic (exact) mass is 624 g/mol. The zero-order chi connectivity index (χ0) is 31.2. The lowest BCUT2D eigenvalue weighted by atomic mass is 9.96. The predicted octanol–water partition coefficient (Wildman–Crippen LogP) is 6.50. The highest BCUT2D eigenvalue weighted by Crippen LogP contribution is 2.40. The van der Waals surface area contributed by atoms with Crippen LogP contribution in [-0.4, -0.2) is 64.7 Å². The van der Waals surface area contributed by atoms with Crippen LogP contribution in [0.3, 0.4) is 0 Å². The minimum atomic E-state index is -0.987. The quantitative estimate of drug-likeness (QED) is 0.183. The summed E-state index contributed by atoms with van der Waals surface area (Å²) in [6.45, 7) is 1.33. The van der Waals surface area contributed by atoms with Gasteiger partial charge in [-0.3, -0.25) is 14.4 Å². The van der Waals surface area contributed by atoms with E-state index in [0.29, 0.717) is 24.5 Å². The molecular weight excluding hydrogens is 593 g/mol. The van der Waals surface area contributed by atoms with Crippen LogP contribution < -0.4 is 9.80 Å². The first-order chi connectivity index (χ1) is 21.3. The fourth-order valence-corrected chi connectivity index (χ4v) is 5.98. The van der Waals surface area contributed by atoms with Crippen molar-refractivity contribution in [2.24, 2.45) is 0 Å². The van der Waals surface area contributed by atoms with Crippen molar-refractivity contribution in [2.75, 3.05) is 46.9 Å². The summed E-state index contributed by atoms with van der Waals surface area (Å²) in [5.41, 5.74) is 2.45. The molecule has 3 aromatic rings. The van der Waals surface area contributed by atoms with Crippen molar-refractivity contribution in [1.29, 1.82) is 0 Å². The number of hydrogen-bond donors (Lipinski definition) is 2. The van der Waals surface area contributed by atoms with Crippen LogP contribution in [0, 0.1) is 0 Å². The Morgan fingerprint density at radius 1 is 0.659 bits per heavy atom. The fraction of sp³-hybridized carbons (Fsp3) is 0.171. The van der Waals surface area contributed by atoms with Crippen molar-refractivity contribution in [2.45, 2.75) is 0 Å². The van der Waals surface area contributed by atoms with Crippen LogP contribution >= 0.6 is 23.5 Å². The molecule has 3 aromatic carbocycles. The van der Waals surface area contributed by atoms with E-state index in [1.54, 1.807) is 35.7 Å². The number of phenolic OH excluding ortho intramolecular Hbond substituents is 1. The molecule has 0 spiro atoms. The number of aliphatic hydroxyl groups excluding tert-OH is 1. The Hall–Kier alpha value is -4.47. The zero-order valence-electron chi connectivity index (χ0n) is 24.4. The highest BCUT2D eigenvalue weighted by Gasteiger charge is 2.41. The second-order valence-corrected chi connectivity index (χ2v) is 12.1. The molecule has 2 aliphatic carbocycles. The minimum Gasteiger partial charge on any atom is -0.507 e. The molecule has 0 aliphatic heterocycles. The standard InChI is InChI=1S/C35H32N2O5S2/c1-43-19-17-36(23-9-5-3-6-10-23)25-13-15-27(29(38)21-25)31-33(40)32(35(42)34(31)41)28-16-14-26(22-30(28)39)37(18-20-44-2)24-11-7-4-8-12-24/h3-16,21-22,38,40H,17-20H2,1-2H3/b32-28-. The van der Waals surface area contributed by atoms with Gasteiger partial charge in [0.05, 0.1) is 11.1 Å². The molecule has 0 radical (unpaired) electrons. The summed E-state index contributed by atoms with van der Waals surface area (Å²) in [6.07, 6.45) is 8.62. The first-order valence-electron chi connectivity index (χ1n) is 14.0. The van der Waals surface area contributed by atoms with Gasteiger partial charge in [-0.2, -0.15) is 23.5 Å². The van der Waals surface area contributed by atoms with Gasteiger partial charge < -0.3 is 20.0 Å². The molecule has 5 rings (SSSR count). The number of ketones is 3. The highest BCUT2D eigenvalue weighted by atomic mass is 32.2. The molecule has 44 heavy (non-hydrogen) atoms. The Bertz CT molecular complexity index is 1710. The van der Waals surface area contributed by atoms with E-state index < -0.39 is 23.1 Å². The number of rotatable bonds is 11. The van der Waals surface area contributed by atoms with Crippen molar-refractivity contribution in [3.8, 4) is 5.75 Å². The molecular formula is C35H32N2O5S2. The molecule has 224 valence electrons. The normalized spacial score (nSPS) is 16.5.